The van der Waals surface area contributed by atoms with Gasteiger partial charge in [0.25, 0.3) is 5.91 Å². The largest absolute Gasteiger partial charge is 0.481 e. The molecule has 5 nitrogen and oxygen atoms in total. The molecule has 0 aliphatic carbocycles. The summed E-state index contributed by atoms with van der Waals surface area (Å²) in [6, 6.07) is 16.5. The number of hydrogen-bond acceptors (Lipinski definition) is 3. The maximum Gasteiger partial charge on any atom is 0.265 e. The Morgan fingerprint density at radius 1 is 1.12 bits per heavy atom. The van der Waals surface area contributed by atoms with E-state index in [1.807, 2.05) is 42.5 Å². The smallest absolute Gasteiger partial charge is 0.265 e. The zero-order valence-corrected chi connectivity index (χ0v) is 13.6. The van der Waals surface area contributed by atoms with E-state index in [1.165, 1.54) is 0 Å². The molecule has 5 heteroatoms. The molecular weight excluding hydrogens is 304 g/mol. The minimum Gasteiger partial charge on any atom is -0.481 e. The maximum absolute atomic E-state index is 12.1. The molecule has 0 radical (unpaired) electrons. The van der Waals surface area contributed by atoms with E-state index in [9.17, 15) is 9.59 Å². The van der Waals surface area contributed by atoms with Crippen LogP contribution in [-0.4, -0.2) is 24.5 Å². The van der Waals surface area contributed by atoms with Crippen LogP contribution < -0.4 is 15.0 Å². The van der Waals surface area contributed by atoms with Gasteiger partial charge < -0.3 is 15.0 Å². The zero-order chi connectivity index (χ0) is 16.9. The molecule has 1 atom stereocenters. The van der Waals surface area contributed by atoms with Gasteiger partial charge in [-0.1, -0.05) is 18.2 Å². The lowest BCUT2D eigenvalue weighted by atomic mass is 10.2. The molecule has 2 aromatic rings. The van der Waals surface area contributed by atoms with Gasteiger partial charge in [-0.2, -0.15) is 0 Å². The molecule has 0 bridgehead atoms. The topological polar surface area (TPSA) is 58.6 Å². The van der Waals surface area contributed by atoms with E-state index < -0.39 is 6.10 Å². The number of hydrogen-bond donors (Lipinski definition) is 1. The number of nitrogens with zero attached hydrogens (tertiary/aromatic N) is 1. The number of para-hydroxylation sites is 1. The fourth-order valence-electron chi connectivity index (χ4n) is 2.65. The standard InChI is InChI=1S/C19H20N2O3/c1-14(19(23)20-15-6-3-2-4-7-15)24-17-11-9-16(10-12-17)21-13-5-8-18(21)22/h2-4,6-7,9-12,14H,5,8,13H2,1H3,(H,20,23)/t14-/m1/s1. The van der Waals surface area contributed by atoms with Crippen LogP contribution in [0.5, 0.6) is 5.75 Å². The summed E-state index contributed by atoms with van der Waals surface area (Å²) in [6.07, 6.45) is 0.882. The summed E-state index contributed by atoms with van der Waals surface area (Å²) in [5.41, 5.74) is 1.60. The third-order valence-electron chi connectivity index (χ3n) is 3.95. The van der Waals surface area contributed by atoms with Crippen LogP contribution in [0, 0.1) is 0 Å². The molecular formula is C19H20N2O3. The number of carbonyl (C=O) groups is 2. The Balaban J connectivity index is 1.59. The van der Waals surface area contributed by atoms with Gasteiger partial charge in [0.1, 0.15) is 5.75 Å². The second-order valence-electron chi connectivity index (χ2n) is 5.76. The lowest BCUT2D eigenvalue weighted by Crippen LogP contribution is -2.30. The van der Waals surface area contributed by atoms with Gasteiger partial charge in [-0.3, -0.25) is 9.59 Å². The number of anilines is 2. The van der Waals surface area contributed by atoms with Crippen LogP contribution in [0.25, 0.3) is 0 Å². The molecule has 1 fully saturated rings. The van der Waals surface area contributed by atoms with E-state index in [4.69, 9.17) is 4.74 Å². The van der Waals surface area contributed by atoms with E-state index >= 15 is 0 Å². The van der Waals surface area contributed by atoms with Crippen molar-refractivity contribution in [2.75, 3.05) is 16.8 Å². The Hall–Kier alpha value is -2.82. The maximum atomic E-state index is 12.1. The van der Waals surface area contributed by atoms with Gasteiger partial charge in [0.15, 0.2) is 6.10 Å². The number of amides is 2. The summed E-state index contributed by atoms with van der Waals surface area (Å²) in [6.45, 7) is 2.46. The Morgan fingerprint density at radius 3 is 2.46 bits per heavy atom. The SMILES string of the molecule is C[C@@H](Oc1ccc(N2CCCC2=O)cc1)C(=O)Nc1ccccc1. The summed E-state index contributed by atoms with van der Waals surface area (Å²) in [5.74, 6) is 0.542. The number of nitrogens with one attached hydrogen (secondary N) is 1. The van der Waals surface area contributed by atoms with Crippen molar-refractivity contribution in [2.24, 2.45) is 0 Å². The predicted octanol–water partition coefficient (Wildman–Crippen LogP) is 3.22. The van der Waals surface area contributed by atoms with Crippen molar-refractivity contribution < 1.29 is 14.3 Å². The van der Waals surface area contributed by atoms with E-state index in [0.717, 1.165) is 24.3 Å². The molecule has 0 aromatic heterocycles. The van der Waals surface area contributed by atoms with E-state index in [-0.39, 0.29) is 11.8 Å². The normalized spacial score (nSPS) is 15.2. The molecule has 2 amide bonds. The highest BCUT2D eigenvalue weighted by Crippen LogP contribution is 2.24. The third kappa shape index (κ3) is 3.74. The Labute approximate surface area is 141 Å². The molecule has 1 aliphatic heterocycles. The fourth-order valence-corrected chi connectivity index (χ4v) is 2.65. The molecule has 0 saturated carbocycles. The summed E-state index contributed by atoms with van der Waals surface area (Å²) in [5, 5.41) is 2.81. The van der Waals surface area contributed by atoms with Crippen LogP contribution in [0.4, 0.5) is 11.4 Å². The number of benzene rings is 2. The Morgan fingerprint density at radius 2 is 1.83 bits per heavy atom. The first-order valence-electron chi connectivity index (χ1n) is 8.06. The average Bonchev–Trinajstić information content (AvgIpc) is 3.02. The molecule has 124 valence electrons. The highest BCUT2D eigenvalue weighted by Gasteiger charge is 2.21. The fraction of sp³-hybridized carbons (Fsp3) is 0.263. The molecule has 3 rings (SSSR count). The van der Waals surface area contributed by atoms with Crippen molar-refractivity contribution in [3.63, 3.8) is 0 Å². The summed E-state index contributed by atoms with van der Waals surface area (Å²) in [4.78, 5) is 25.7. The monoisotopic (exact) mass is 324 g/mol. The molecule has 24 heavy (non-hydrogen) atoms. The molecule has 0 unspecified atom stereocenters. The summed E-state index contributed by atoms with van der Waals surface area (Å²) < 4.78 is 5.68. The molecule has 1 aliphatic rings. The second-order valence-corrected chi connectivity index (χ2v) is 5.76. The van der Waals surface area contributed by atoms with Crippen molar-refractivity contribution >= 4 is 23.2 Å². The first kappa shape index (κ1) is 16.1. The van der Waals surface area contributed by atoms with Crippen molar-refractivity contribution in [2.45, 2.75) is 25.9 Å². The van der Waals surface area contributed by atoms with Crippen LogP contribution in [-0.2, 0) is 9.59 Å². The van der Waals surface area contributed by atoms with Crippen LogP contribution >= 0.6 is 0 Å². The van der Waals surface area contributed by atoms with Gasteiger partial charge in [0.05, 0.1) is 0 Å². The molecule has 1 saturated heterocycles. The quantitative estimate of drug-likeness (QED) is 0.918. The van der Waals surface area contributed by atoms with Gasteiger partial charge in [-0.05, 0) is 49.7 Å². The van der Waals surface area contributed by atoms with Gasteiger partial charge in [-0.15, -0.1) is 0 Å². The number of carbonyl (C=O) groups excluding carboxylic acids is 2. The summed E-state index contributed by atoms with van der Waals surface area (Å²) >= 11 is 0. The van der Waals surface area contributed by atoms with E-state index in [0.29, 0.717) is 12.2 Å². The van der Waals surface area contributed by atoms with Crippen LogP contribution in [0.1, 0.15) is 19.8 Å². The molecule has 1 heterocycles. The van der Waals surface area contributed by atoms with Crippen molar-refractivity contribution in [1.29, 1.82) is 0 Å². The number of ether oxygens (including phenoxy) is 1. The highest BCUT2D eigenvalue weighted by molar-refractivity contribution is 5.95. The van der Waals surface area contributed by atoms with Gasteiger partial charge >= 0.3 is 0 Å². The van der Waals surface area contributed by atoms with Crippen LogP contribution in [0.3, 0.4) is 0 Å². The van der Waals surface area contributed by atoms with Crippen LogP contribution in [0.15, 0.2) is 54.6 Å². The predicted molar refractivity (Wildman–Crippen MR) is 93.2 cm³/mol. The minimum atomic E-state index is -0.621. The van der Waals surface area contributed by atoms with Crippen molar-refractivity contribution in [3.05, 3.63) is 54.6 Å². The molecule has 2 aromatic carbocycles. The highest BCUT2D eigenvalue weighted by atomic mass is 16.5. The van der Waals surface area contributed by atoms with Gasteiger partial charge in [0, 0.05) is 24.3 Å². The Bertz CT molecular complexity index is 713. The van der Waals surface area contributed by atoms with Crippen molar-refractivity contribution in [3.8, 4) is 5.75 Å². The lowest BCUT2D eigenvalue weighted by Gasteiger charge is -2.18. The zero-order valence-electron chi connectivity index (χ0n) is 13.6. The third-order valence-corrected chi connectivity index (χ3v) is 3.95. The lowest BCUT2D eigenvalue weighted by molar-refractivity contribution is -0.122. The first-order chi connectivity index (χ1) is 11.6. The average molecular weight is 324 g/mol. The van der Waals surface area contributed by atoms with Crippen LogP contribution in [0.2, 0.25) is 0 Å². The van der Waals surface area contributed by atoms with E-state index in [2.05, 4.69) is 5.32 Å². The summed E-state index contributed by atoms with van der Waals surface area (Å²) in [7, 11) is 0. The van der Waals surface area contributed by atoms with Crippen molar-refractivity contribution in [1.82, 2.24) is 0 Å². The molecule has 0 spiro atoms. The Kier molecular flexibility index (Phi) is 4.79. The van der Waals surface area contributed by atoms with E-state index in [1.54, 1.807) is 24.0 Å². The van der Waals surface area contributed by atoms with Gasteiger partial charge in [0.2, 0.25) is 5.91 Å². The minimum absolute atomic E-state index is 0.152. The second kappa shape index (κ2) is 7.17. The first-order valence-corrected chi connectivity index (χ1v) is 8.06. The number of rotatable bonds is 5. The molecule has 1 N–H and O–H groups in total. The van der Waals surface area contributed by atoms with Gasteiger partial charge in [-0.25, -0.2) is 0 Å².